The molecule has 0 atom stereocenters. The lowest BCUT2D eigenvalue weighted by Crippen LogP contribution is -2.39. The van der Waals surface area contributed by atoms with Gasteiger partial charge in [-0.25, -0.2) is 13.4 Å². The van der Waals surface area contributed by atoms with Crippen molar-refractivity contribution < 1.29 is 13.2 Å². The quantitative estimate of drug-likeness (QED) is 0.496. The second kappa shape index (κ2) is 9.24. The van der Waals surface area contributed by atoms with Crippen LogP contribution in [0.4, 0.5) is 17.5 Å². The van der Waals surface area contributed by atoms with Gasteiger partial charge in [-0.2, -0.15) is 9.97 Å². The Labute approximate surface area is 193 Å². The molecule has 2 aromatic heterocycles. The highest BCUT2D eigenvalue weighted by Crippen LogP contribution is 2.25. The van der Waals surface area contributed by atoms with E-state index in [0.29, 0.717) is 30.7 Å². The van der Waals surface area contributed by atoms with Crippen LogP contribution in [-0.4, -0.2) is 77.1 Å². The van der Waals surface area contributed by atoms with E-state index in [1.54, 1.807) is 6.33 Å². The van der Waals surface area contributed by atoms with Gasteiger partial charge in [0.1, 0.15) is 5.52 Å². The van der Waals surface area contributed by atoms with E-state index in [0.717, 1.165) is 60.7 Å². The summed E-state index contributed by atoms with van der Waals surface area (Å²) in [4.78, 5) is 18.9. The number of H-pyrrole nitrogens is 1. The number of hydrogen-bond donors (Lipinski definition) is 3. The first-order chi connectivity index (χ1) is 15.9. The van der Waals surface area contributed by atoms with Crippen molar-refractivity contribution in [3.63, 3.8) is 0 Å². The number of aryl methyl sites for hydroxylation is 1. The number of hydrogen-bond acceptors (Lipinski definition) is 9. The Morgan fingerprint density at radius 2 is 1.97 bits per heavy atom. The number of imidazole rings is 1. The lowest BCUT2D eigenvalue weighted by Gasteiger charge is -2.26. The van der Waals surface area contributed by atoms with Crippen LogP contribution in [0.5, 0.6) is 0 Å². The number of anilines is 3. The summed E-state index contributed by atoms with van der Waals surface area (Å²) in [6.07, 6.45) is 3.50. The zero-order chi connectivity index (χ0) is 22.8. The molecule has 0 aliphatic carbocycles. The molecule has 4 heterocycles. The van der Waals surface area contributed by atoms with Gasteiger partial charge in [0.25, 0.3) is 0 Å². The van der Waals surface area contributed by atoms with Gasteiger partial charge < -0.3 is 20.4 Å². The van der Waals surface area contributed by atoms with Crippen molar-refractivity contribution in [1.82, 2.24) is 24.8 Å². The van der Waals surface area contributed by atoms with Crippen LogP contribution in [0.2, 0.25) is 0 Å². The Morgan fingerprint density at radius 1 is 1.18 bits per heavy atom. The third-order valence-electron chi connectivity index (χ3n) is 6.23. The number of nitrogens with one attached hydrogen (secondary N) is 3. The number of fused-ring (bicyclic) bond motifs is 1. The average molecular weight is 472 g/mol. The maximum Gasteiger partial charge on any atom is 0.231 e. The normalized spacial score (nSPS) is 19.5. The van der Waals surface area contributed by atoms with E-state index in [2.05, 4.69) is 42.6 Å². The van der Waals surface area contributed by atoms with E-state index >= 15 is 0 Å². The smallest absolute Gasteiger partial charge is 0.231 e. The first-order valence-electron chi connectivity index (χ1n) is 11.3. The lowest BCUT2D eigenvalue weighted by molar-refractivity contribution is 0.0904. The van der Waals surface area contributed by atoms with E-state index in [1.165, 1.54) is 0 Å². The Morgan fingerprint density at radius 3 is 2.73 bits per heavy atom. The summed E-state index contributed by atoms with van der Waals surface area (Å²) in [5, 5.41) is 6.86. The van der Waals surface area contributed by atoms with E-state index < -0.39 is 9.84 Å². The number of benzene rings is 1. The van der Waals surface area contributed by atoms with Gasteiger partial charge in [-0.1, -0.05) is 12.1 Å². The zero-order valence-corrected chi connectivity index (χ0v) is 19.5. The van der Waals surface area contributed by atoms with Crippen LogP contribution in [0, 0.1) is 6.92 Å². The number of ether oxygens (including phenoxy) is 1. The van der Waals surface area contributed by atoms with Gasteiger partial charge in [0.15, 0.2) is 21.3 Å². The molecule has 1 aromatic carbocycles. The van der Waals surface area contributed by atoms with Crippen LogP contribution >= 0.6 is 0 Å². The standard InChI is InChI=1S/C22H29N7O3S/c1-15-12-16(13-29-6-10-33(30,31)11-7-29)2-3-18(15)26-22-27-20-19(23-14-24-20)21(28-22)25-17-4-8-32-9-5-17/h2-3,12,14,17H,4-11,13H2,1H3,(H3,23,24,25,26,27,28). The van der Waals surface area contributed by atoms with Crippen molar-refractivity contribution in [3.05, 3.63) is 35.7 Å². The van der Waals surface area contributed by atoms with Crippen LogP contribution in [0.3, 0.4) is 0 Å². The summed E-state index contributed by atoms with van der Waals surface area (Å²) in [6, 6.07) is 6.51. The van der Waals surface area contributed by atoms with Crippen LogP contribution in [0.25, 0.3) is 11.2 Å². The Hall–Kier alpha value is -2.76. The Kier molecular flexibility index (Phi) is 6.17. The number of aromatic amines is 1. The second-order valence-electron chi connectivity index (χ2n) is 8.73. The predicted octanol–water partition coefficient (Wildman–Crippen LogP) is 2.23. The van der Waals surface area contributed by atoms with Gasteiger partial charge in [0.05, 0.1) is 17.8 Å². The second-order valence-corrected chi connectivity index (χ2v) is 11.0. The molecule has 0 bridgehead atoms. The molecule has 3 N–H and O–H groups in total. The van der Waals surface area contributed by atoms with Crippen molar-refractivity contribution in [2.24, 2.45) is 0 Å². The largest absolute Gasteiger partial charge is 0.381 e. The molecule has 0 radical (unpaired) electrons. The molecule has 5 rings (SSSR count). The molecule has 0 unspecified atom stereocenters. The topological polar surface area (TPSA) is 125 Å². The summed E-state index contributed by atoms with van der Waals surface area (Å²) in [7, 11) is -2.87. The molecule has 0 amide bonds. The predicted molar refractivity (Wildman–Crippen MR) is 128 cm³/mol. The minimum Gasteiger partial charge on any atom is -0.381 e. The maximum absolute atomic E-state index is 11.7. The molecule has 2 aliphatic heterocycles. The molecule has 2 saturated heterocycles. The van der Waals surface area contributed by atoms with Gasteiger partial charge in [0, 0.05) is 44.6 Å². The van der Waals surface area contributed by atoms with Crippen LogP contribution in [0.15, 0.2) is 24.5 Å². The van der Waals surface area contributed by atoms with Crippen molar-refractivity contribution in [3.8, 4) is 0 Å². The molecule has 0 spiro atoms. The van der Waals surface area contributed by atoms with E-state index in [1.807, 2.05) is 13.0 Å². The summed E-state index contributed by atoms with van der Waals surface area (Å²) in [5.74, 6) is 1.70. The van der Waals surface area contributed by atoms with E-state index in [9.17, 15) is 8.42 Å². The SMILES string of the molecule is Cc1cc(CN2CCS(=O)(=O)CC2)ccc1Nc1nc(NC2CCOCC2)c2[nH]cnc2n1. The van der Waals surface area contributed by atoms with Crippen molar-refractivity contribution in [2.45, 2.75) is 32.4 Å². The molecule has 2 fully saturated rings. The van der Waals surface area contributed by atoms with Crippen LogP contribution in [0.1, 0.15) is 24.0 Å². The van der Waals surface area contributed by atoms with Gasteiger partial charge in [-0.3, -0.25) is 4.90 Å². The third-order valence-corrected chi connectivity index (χ3v) is 7.84. The van der Waals surface area contributed by atoms with Gasteiger partial charge in [-0.05, 0) is 37.0 Å². The third kappa shape index (κ3) is 5.26. The summed E-state index contributed by atoms with van der Waals surface area (Å²) >= 11 is 0. The fourth-order valence-electron chi connectivity index (χ4n) is 4.28. The summed E-state index contributed by atoms with van der Waals surface area (Å²) in [6.45, 7) is 5.45. The number of nitrogens with zero attached hydrogens (tertiary/aromatic N) is 4. The molecular formula is C22H29N7O3S. The van der Waals surface area contributed by atoms with E-state index in [4.69, 9.17) is 9.72 Å². The summed E-state index contributed by atoms with van der Waals surface area (Å²) in [5.41, 5.74) is 4.55. The number of sulfone groups is 1. The molecule has 10 nitrogen and oxygen atoms in total. The van der Waals surface area contributed by atoms with Crippen LogP contribution < -0.4 is 10.6 Å². The average Bonchev–Trinajstić information content (AvgIpc) is 3.27. The Bertz CT molecular complexity index is 1220. The molecule has 2 aliphatic rings. The van der Waals surface area contributed by atoms with Crippen molar-refractivity contribution >= 4 is 38.5 Å². The Balaban J connectivity index is 1.31. The first-order valence-corrected chi connectivity index (χ1v) is 13.1. The molecule has 0 saturated carbocycles. The monoisotopic (exact) mass is 471 g/mol. The van der Waals surface area contributed by atoms with Crippen LogP contribution in [-0.2, 0) is 21.1 Å². The minimum absolute atomic E-state index is 0.239. The number of aromatic nitrogens is 4. The summed E-state index contributed by atoms with van der Waals surface area (Å²) < 4.78 is 28.8. The molecular weight excluding hydrogens is 442 g/mol. The highest BCUT2D eigenvalue weighted by Gasteiger charge is 2.22. The maximum atomic E-state index is 11.7. The lowest BCUT2D eigenvalue weighted by atomic mass is 10.1. The van der Waals surface area contributed by atoms with Crippen molar-refractivity contribution in [2.75, 3.05) is 48.4 Å². The van der Waals surface area contributed by atoms with Gasteiger partial charge in [0.2, 0.25) is 5.95 Å². The minimum atomic E-state index is -2.87. The van der Waals surface area contributed by atoms with Crippen molar-refractivity contribution in [1.29, 1.82) is 0 Å². The first kappa shape index (κ1) is 22.1. The molecule has 3 aromatic rings. The molecule has 11 heteroatoms. The number of rotatable bonds is 6. The fraction of sp³-hybridized carbons (Fsp3) is 0.500. The highest BCUT2D eigenvalue weighted by atomic mass is 32.2. The van der Waals surface area contributed by atoms with E-state index in [-0.39, 0.29) is 11.5 Å². The highest BCUT2D eigenvalue weighted by molar-refractivity contribution is 7.91. The van der Waals surface area contributed by atoms with Gasteiger partial charge >= 0.3 is 0 Å². The fourth-order valence-corrected chi connectivity index (χ4v) is 5.56. The molecule has 33 heavy (non-hydrogen) atoms. The van der Waals surface area contributed by atoms with Gasteiger partial charge in [-0.15, -0.1) is 0 Å². The zero-order valence-electron chi connectivity index (χ0n) is 18.7. The molecule has 176 valence electrons.